The number of ether oxygens (including phenoxy) is 4. The van der Waals surface area contributed by atoms with Gasteiger partial charge in [0, 0.05) is 32.4 Å². The third kappa shape index (κ3) is 38.8. The molecule has 53 heavy (non-hydrogen) atoms. The summed E-state index contributed by atoms with van der Waals surface area (Å²) in [5.41, 5.74) is 0. The molecule has 0 fully saturated rings. The van der Waals surface area contributed by atoms with Crippen molar-refractivity contribution < 1.29 is 58.2 Å². The Morgan fingerprint density at radius 1 is 0.547 bits per heavy atom. The lowest BCUT2D eigenvalue weighted by molar-refractivity contribution is -0.142. The number of unbranched alkanes of at least 4 members (excludes halogenated alkanes) is 15. The average Bonchev–Trinajstić information content (AvgIpc) is 3.11. The van der Waals surface area contributed by atoms with Gasteiger partial charge in [-0.05, 0) is 26.2 Å². The van der Waals surface area contributed by atoms with E-state index in [0.29, 0.717) is 32.8 Å². The largest absolute Gasteiger partial charge is 0.481 e. The summed E-state index contributed by atoms with van der Waals surface area (Å²) >= 11 is 0. The molecular weight excluding hydrogens is 690 g/mol. The first-order valence-electron chi connectivity index (χ1n) is 19.8. The molecule has 310 valence electrons. The van der Waals surface area contributed by atoms with Gasteiger partial charge in [0.1, 0.15) is 18.9 Å². The summed E-state index contributed by atoms with van der Waals surface area (Å²) in [5.74, 6) is -2.55. The summed E-state index contributed by atoms with van der Waals surface area (Å²) < 4.78 is 21.1. The van der Waals surface area contributed by atoms with E-state index in [1.165, 1.54) is 64.7 Å². The summed E-state index contributed by atoms with van der Waals surface area (Å²) in [7, 11) is 0. The zero-order chi connectivity index (χ0) is 39.2. The number of hydrogen-bond acceptors (Lipinski definition) is 11. The van der Waals surface area contributed by atoms with E-state index < -0.39 is 24.2 Å². The molecule has 0 saturated heterocycles. The topological polar surface area (TPSA) is 219 Å². The number of aliphatic carboxylic acids is 2. The van der Waals surface area contributed by atoms with E-state index in [9.17, 15) is 34.2 Å². The van der Waals surface area contributed by atoms with Crippen molar-refractivity contribution in [1.82, 2.24) is 16.0 Å². The van der Waals surface area contributed by atoms with Crippen molar-refractivity contribution in [2.45, 2.75) is 148 Å². The summed E-state index contributed by atoms with van der Waals surface area (Å²) in [5, 5.41) is 36.0. The van der Waals surface area contributed by atoms with Crippen molar-refractivity contribution in [3.8, 4) is 0 Å². The molecule has 0 aromatic rings. The molecule has 2 amide bonds. The quantitative estimate of drug-likeness (QED) is 0.0382. The number of carboxylic acids is 2. The fourth-order valence-electron chi connectivity index (χ4n) is 5.39. The van der Waals surface area contributed by atoms with E-state index in [2.05, 4.69) is 16.0 Å². The van der Waals surface area contributed by atoms with Crippen LogP contribution < -0.4 is 16.0 Å². The lowest BCUT2D eigenvalue weighted by Crippen LogP contribution is -2.41. The van der Waals surface area contributed by atoms with E-state index in [1.807, 2.05) is 0 Å². The van der Waals surface area contributed by atoms with Crippen LogP contribution in [0, 0.1) is 0 Å². The Labute approximate surface area is 317 Å². The normalized spacial score (nSPS) is 12.3. The van der Waals surface area contributed by atoms with Crippen molar-refractivity contribution in [2.24, 2.45) is 0 Å². The van der Waals surface area contributed by atoms with Gasteiger partial charge in [-0.2, -0.15) is 0 Å². The summed E-state index contributed by atoms with van der Waals surface area (Å²) in [6.45, 7) is 4.05. The first kappa shape index (κ1) is 50.3. The predicted molar refractivity (Wildman–Crippen MR) is 201 cm³/mol. The summed E-state index contributed by atoms with van der Waals surface area (Å²) in [6.07, 6.45) is 17.6. The minimum absolute atomic E-state index is 0.00415. The molecule has 0 aliphatic rings. The first-order valence-corrected chi connectivity index (χ1v) is 19.8. The van der Waals surface area contributed by atoms with Crippen LogP contribution in [0.3, 0.4) is 0 Å². The molecule has 2 atom stereocenters. The number of aliphatic hydroxyl groups excluding tert-OH is 1. The highest BCUT2D eigenvalue weighted by atomic mass is 16.5. The van der Waals surface area contributed by atoms with Crippen LogP contribution in [0.2, 0.25) is 0 Å². The molecule has 1 unspecified atom stereocenters. The number of amides is 2. The van der Waals surface area contributed by atoms with Crippen LogP contribution in [0.25, 0.3) is 0 Å². The smallest absolute Gasteiger partial charge is 0.326 e. The van der Waals surface area contributed by atoms with Gasteiger partial charge in [-0.25, -0.2) is 4.79 Å². The molecule has 0 aliphatic heterocycles. The number of nitrogens with one attached hydrogen (secondary N) is 3. The number of carbonyl (C=O) groups excluding carboxylic acids is 3. The summed E-state index contributed by atoms with van der Waals surface area (Å²) in [4.78, 5) is 57.3. The molecule has 0 saturated carbocycles. The molecule has 0 heterocycles. The Kier molecular flexibility index (Phi) is 35.7. The fraction of sp³-hybridized carbons (Fsp3) is 0.868. The monoisotopic (exact) mass is 762 g/mol. The first-order chi connectivity index (χ1) is 25.6. The van der Waals surface area contributed by atoms with Crippen LogP contribution in [0.1, 0.15) is 135 Å². The molecule has 0 bridgehead atoms. The number of ketones is 1. The number of carboxylic acid groups (broad SMARTS) is 2. The zero-order valence-electron chi connectivity index (χ0n) is 32.4. The maximum atomic E-state index is 12.3. The molecule has 15 nitrogen and oxygen atoms in total. The van der Waals surface area contributed by atoms with Crippen molar-refractivity contribution in [1.29, 1.82) is 0 Å². The van der Waals surface area contributed by atoms with Gasteiger partial charge in [0.05, 0.1) is 46.2 Å². The Morgan fingerprint density at radius 2 is 1.02 bits per heavy atom. The van der Waals surface area contributed by atoms with Crippen LogP contribution in [0.5, 0.6) is 0 Å². The van der Waals surface area contributed by atoms with E-state index >= 15 is 0 Å². The van der Waals surface area contributed by atoms with Crippen LogP contribution in [0.15, 0.2) is 0 Å². The van der Waals surface area contributed by atoms with Gasteiger partial charge in [0.2, 0.25) is 11.8 Å². The molecule has 0 aliphatic carbocycles. The standard InChI is InChI=1S/C38H71N3O12/c1-32(42)30-52-28-26-51-25-23-40-36(45)31-53-29-27-50-24-22-39-34(43)21-20-33(38(48)49)41-35(44)18-16-14-12-10-8-6-4-2-3-5-7-9-11-13-15-17-19-37(46)47/h33,36,40,45H,2-31H2,1H3,(H,39,43)(H,41,44)(H,46,47)(H,48,49)/t33-,36?/m0/s1. The van der Waals surface area contributed by atoms with Gasteiger partial charge in [-0.3, -0.25) is 24.5 Å². The molecular formula is C38H71N3O12. The Hall–Kier alpha value is -2.69. The maximum Gasteiger partial charge on any atom is 0.326 e. The second kappa shape index (κ2) is 37.6. The highest BCUT2D eigenvalue weighted by Gasteiger charge is 2.20. The zero-order valence-corrected chi connectivity index (χ0v) is 32.4. The minimum Gasteiger partial charge on any atom is -0.481 e. The highest BCUT2D eigenvalue weighted by molar-refractivity contribution is 5.84. The highest BCUT2D eigenvalue weighted by Crippen LogP contribution is 2.14. The van der Waals surface area contributed by atoms with E-state index in [1.54, 1.807) is 0 Å². The number of rotatable bonds is 41. The average molecular weight is 762 g/mol. The molecule has 0 radical (unpaired) electrons. The maximum absolute atomic E-state index is 12.3. The van der Waals surface area contributed by atoms with Crippen LogP contribution >= 0.6 is 0 Å². The minimum atomic E-state index is -1.17. The number of carbonyl (C=O) groups is 5. The summed E-state index contributed by atoms with van der Waals surface area (Å²) in [6, 6.07) is -1.12. The Balaban J connectivity index is 3.63. The van der Waals surface area contributed by atoms with Crippen molar-refractivity contribution in [2.75, 3.05) is 65.9 Å². The number of hydrogen-bond donors (Lipinski definition) is 6. The number of Topliss-reactive ketones (excluding diaryl/α,β-unsaturated/α-hetero) is 1. The van der Waals surface area contributed by atoms with Gasteiger partial charge in [-0.15, -0.1) is 0 Å². The van der Waals surface area contributed by atoms with Gasteiger partial charge in [-0.1, -0.05) is 89.9 Å². The lowest BCUT2D eigenvalue weighted by Gasteiger charge is -2.15. The second-order valence-electron chi connectivity index (χ2n) is 13.4. The van der Waals surface area contributed by atoms with Crippen LogP contribution in [0.4, 0.5) is 0 Å². The molecule has 0 aromatic heterocycles. The van der Waals surface area contributed by atoms with Gasteiger partial charge < -0.3 is 44.9 Å². The van der Waals surface area contributed by atoms with Gasteiger partial charge in [0.15, 0.2) is 5.78 Å². The van der Waals surface area contributed by atoms with Gasteiger partial charge in [0.25, 0.3) is 0 Å². The van der Waals surface area contributed by atoms with Crippen LogP contribution in [-0.2, 0) is 42.9 Å². The lowest BCUT2D eigenvalue weighted by atomic mass is 10.0. The van der Waals surface area contributed by atoms with E-state index in [4.69, 9.17) is 24.1 Å². The van der Waals surface area contributed by atoms with E-state index in [-0.39, 0.29) is 82.9 Å². The number of aliphatic hydroxyl groups is 1. The fourth-order valence-corrected chi connectivity index (χ4v) is 5.39. The molecule has 0 aromatic carbocycles. The van der Waals surface area contributed by atoms with Crippen molar-refractivity contribution >= 4 is 29.5 Å². The second-order valence-corrected chi connectivity index (χ2v) is 13.4. The molecule has 15 heteroatoms. The van der Waals surface area contributed by atoms with Crippen molar-refractivity contribution in [3.63, 3.8) is 0 Å². The molecule has 0 spiro atoms. The van der Waals surface area contributed by atoms with Crippen molar-refractivity contribution in [3.05, 3.63) is 0 Å². The Bertz CT molecular complexity index is 940. The SMILES string of the molecule is CC(=O)COCCOCCNC(O)COCCOCCNC(=O)CC[C@H](NC(=O)CCCCCCCCCCCCCCCCCCC(=O)O)C(=O)O. The third-order valence-corrected chi connectivity index (χ3v) is 8.36. The Morgan fingerprint density at radius 3 is 1.53 bits per heavy atom. The van der Waals surface area contributed by atoms with Crippen LogP contribution in [-0.4, -0.2) is 123 Å². The molecule has 0 rings (SSSR count). The predicted octanol–water partition coefficient (Wildman–Crippen LogP) is 4.12. The third-order valence-electron chi connectivity index (χ3n) is 8.36. The van der Waals surface area contributed by atoms with Gasteiger partial charge >= 0.3 is 11.9 Å². The molecule has 6 N–H and O–H groups in total. The van der Waals surface area contributed by atoms with E-state index in [0.717, 1.165) is 38.5 Å².